The first-order chi connectivity index (χ1) is 17.1. The van der Waals surface area contributed by atoms with Crippen molar-refractivity contribution in [2.45, 2.75) is 19.4 Å². The molecule has 7 heteroatoms. The van der Waals surface area contributed by atoms with E-state index in [1.807, 2.05) is 83.8 Å². The molecule has 2 amide bonds. The summed E-state index contributed by atoms with van der Waals surface area (Å²) in [5.41, 5.74) is 4.36. The first kappa shape index (κ1) is 22.4. The maximum absolute atomic E-state index is 13.4. The summed E-state index contributed by atoms with van der Waals surface area (Å²) < 4.78 is 6.98. The molecule has 1 aliphatic heterocycles. The van der Waals surface area contributed by atoms with Crippen LogP contribution in [0, 0.1) is 0 Å². The van der Waals surface area contributed by atoms with E-state index in [1.165, 1.54) is 0 Å². The van der Waals surface area contributed by atoms with Crippen LogP contribution >= 0.6 is 0 Å². The fourth-order valence-electron chi connectivity index (χ4n) is 4.25. The first-order valence-electron chi connectivity index (χ1n) is 11.6. The number of anilines is 1. The van der Waals surface area contributed by atoms with Crippen molar-refractivity contribution in [3.63, 3.8) is 0 Å². The molecule has 176 valence electrons. The van der Waals surface area contributed by atoms with Crippen LogP contribution in [0.2, 0.25) is 0 Å². The Kier molecular flexibility index (Phi) is 6.30. The molecule has 35 heavy (non-hydrogen) atoms. The summed E-state index contributed by atoms with van der Waals surface area (Å²) in [5, 5.41) is 7.75. The normalized spacial score (nSPS) is 13.2. The molecule has 1 aromatic heterocycles. The van der Waals surface area contributed by atoms with Crippen LogP contribution in [0.25, 0.3) is 16.9 Å². The van der Waals surface area contributed by atoms with Gasteiger partial charge in [-0.1, -0.05) is 30.3 Å². The van der Waals surface area contributed by atoms with E-state index in [9.17, 15) is 9.59 Å². The highest BCUT2D eigenvalue weighted by molar-refractivity contribution is 6.08. The minimum Gasteiger partial charge on any atom is -0.497 e. The molecule has 7 nitrogen and oxygen atoms in total. The van der Waals surface area contributed by atoms with Crippen molar-refractivity contribution >= 4 is 17.5 Å². The number of methoxy groups -OCH3 is 1. The van der Waals surface area contributed by atoms with Crippen molar-refractivity contribution < 1.29 is 14.3 Å². The predicted molar refractivity (Wildman–Crippen MR) is 135 cm³/mol. The number of hydrogen-bond donors (Lipinski definition) is 1. The van der Waals surface area contributed by atoms with E-state index >= 15 is 0 Å². The topological polar surface area (TPSA) is 76.5 Å². The number of ether oxygens (including phenoxy) is 1. The quantitative estimate of drug-likeness (QED) is 0.419. The van der Waals surface area contributed by atoms with E-state index in [0.29, 0.717) is 29.9 Å². The van der Waals surface area contributed by atoms with Gasteiger partial charge >= 0.3 is 0 Å². The second-order valence-electron chi connectivity index (χ2n) is 8.47. The Morgan fingerprint density at radius 1 is 1.03 bits per heavy atom. The van der Waals surface area contributed by atoms with Gasteiger partial charge in [0, 0.05) is 37.0 Å². The third-order valence-electron chi connectivity index (χ3n) is 6.07. The molecule has 1 aliphatic rings. The molecular formula is C28H26N4O3. The Bertz CT molecular complexity index is 1350. The number of benzene rings is 3. The summed E-state index contributed by atoms with van der Waals surface area (Å²) in [5.74, 6) is 0.653. The lowest BCUT2D eigenvalue weighted by Gasteiger charge is -2.16. The summed E-state index contributed by atoms with van der Waals surface area (Å²) in [4.78, 5) is 27.3. The van der Waals surface area contributed by atoms with Crippen molar-refractivity contribution in [2.24, 2.45) is 0 Å². The number of aromatic nitrogens is 2. The Hall–Kier alpha value is -4.39. The number of hydrogen-bond acceptors (Lipinski definition) is 4. The van der Waals surface area contributed by atoms with Gasteiger partial charge in [-0.2, -0.15) is 5.10 Å². The van der Waals surface area contributed by atoms with Crippen LogP contribution in [0.5, 0.6) is 5.75 Å². The van der Waals surface area contributed by atoms with Crippen molar-refractivity contribution in [3.05, 3.63) is 96.2 Å². The number of nitrogens with zero attached hydrogens (tertiary/aromatic N) is 3. The molecule has 4 aromatic rings. The van der Waals surface area contributed by atoms with Crippen LogP contribution in [0.15, 0.2) is 85.1 Å². The molecule has 5 rings (SSSR count). The summed E-state index contributed by atoms with van der Waals surface area (Å²) in [6, 6.07) is 24.8. The van der Waals surface area contributed by atoms with E-state index in [4.69, 9.17) is 9.84 Å². The maximum atomic E-state index is 13.4. The van der Waals surface area contributed by atoms with Crippen LogP contribution in [-0.2, 0) is 11.3 Å². The van der Waals surface area contributed by atoms with Crippen molar-refractivity contribution in [1.29, 1.82) is 0 Å². The Balaban J connectivity index is 1.44. The fourth-order valence-corrected chi connectivity index (χ4v) is 4.25. The minimum absolute atomic E-state index is 0.178. The lowest BCUT2D eigenvalue weighted by molar-refractivity contribution is -0.128. The Labute approximate surface area is 204 Å². The molecule has 2 heterocycles. The highest BCUT2D eigenvalue weighted by atomic mass is 16.5. The number of para-hydroxylation sites is 1. The molecule has 3 aromatic carbocycles. The van der Waals surface area contributed by atoms with E-state index in [2.05, 4.69) is 5.32 Å². The SMILES string of the molecule is COc1ccc(-c2nn(-c3ccccc3)cc2C(=O)Nc2cccc(CN3CCCC3=O)c2)cc1. The highest BCUT2D eigenvalue weighted by Gasteiger charge is 2.21. The summed E-state index contributed by atoms with van der Waals surface area (Å²) in [6.07, 6.45) is 3.25. The third-order valence-corrected chi connectivity index (χ3v) is 6.07. The van der Waals surface area contributed by atoms with Crippen LogP contribution < -0.4 is 10.1 Å². The van der Waals surface area contributed by atoms with E-state index in [-0.39, 0.29) is 11.8 Å². The standard InChI is InChI=1S/C28H26N4O3/c1-35-24-14-12-21(13-15-24)27-25(19-32(30-27)23-9-3-2-4-10-23)28(34)29-22-8-5-7-20(17-22)18-31-16-6-11-26(31)33/h2-5,7-10,12-15,17,19H,6,11,16,18H2,1H3,(H,29,34). The van der Waals surface area contributed by atoms with Gasteiger partial charge in [-0.05, 0) is 60.5 Å². The average Bonchev–Trinajstić information content (AvgIpc) is 3.52. The summed E-state index contributed by atoms with van der Waals surface area (Å²) >= 11 is 0. The second-order valence-corrected chi connectivity index (χ2v) is 8.47. The fraction of sp³-hybridized carbons (Fsp3) is 0.179. The number of carbonyl (C=O) groups is 2. The number of nitrogens with one attached hydrogen (secondary N) is 1. The van der Waals surface area contributed by atoms with Crippen LogP contribution in [0.4, 0.5) is 5.69 Å². The van der Waals surface area contributed by atoms with Crippen molar-refractivity contribution in [3.8, 4) is 22.7 Å². The van der Waals surface area contributed by atoms with Gasteiger partial charge in [0.25, 0.3) is 5.91 Å². The third kappa shape index (κ3) is 4.94. The van der Waals surface area contributed by atoms with Crippen molar-refractivity contribution in [2.75, 3.05) is 19.0 Å². The van der Waals surface area contributed by atoms with E-state index < -0.39 is 0 Å². The number of carbonyl (C=O) groups excluding carboxylic acids is 2. The highest BCUT2D eigenvalue weighted by Crippen LogP contribution is 2.27. The molecule has 0 spiro atoms. The smallest absolute Gasteiger partial charge is 0.259 e. The van der Waals surface area contributed by atoms with E-state index in [0.717, 1.165) is 35.5 Å². The second kappa shape index (κ2) is 9.85. The number of rotatable bonds is 7. The predicted octanol–water partition coefficient (Wildman–Crippen LogP) is 4.92. The largest absolute Gasteiger partial charge is 0.497 e. The van der Waals surface area contributed by atoms with Crippen molar-refractivity contribution in [1.82, 2.24) is 14.7 Å². The van der Waals surface area contributed by atoms with Gasteiger partial charge in [0.1, 0.15) is 11.4 Å². The lowest BCUT2D eigenvalue weighted by Crippen LogP contribution is -2.23. The molecule has 0 saturated carbocycles. The molecule has 0 bridgehead atoms. The molecule has 0 radical (unpaired) electrons. The zero-order chi connectivity index (χ0) is 24.2. The van der Waals surface area contributed by atoms with Gasteiger partial charge < -0.3 is 15.0 Å². The van der Waals surface area contributed by atoms with E-state index in [1.54, 1.807) is 18.0 Å². The van der Waals surface area contributed by atoms with Gasteiger partial charge in [-0.15, -0.1) is 0 Å². The van der Waals surface area contributed by atoms with Gasteiger partial charge in [0.05, 0.1) is 18.4 Å². The molecular weight excluding hydrogens is 440 g/mol. The maximum Gasteiger partial charge on any atom is 0.259 e. The lowest BCUT2D eigenvalue weighted by atomic mass is 10.1. The van der Waals surface area contributed by atoms with Gasteiger partial charge in [-0.25, -0.2) is 4.68 Å². The monoisotopic (exact) mass is 466 g/mol. The Morgan fingerprint density at radius 2 is 1.83 bits per heavy atom. The minimum atomic E-state index is -0.257. The molecule has 1 fully saturated rings. The number of likely N-dealkylation sites (tertiary alicyclic amines) is 1. The summed E-state index contributed by atoms with van der Waals surface area (Å²) in [6.45, 7) is 1.32. The Morgan fingerprint density at radius 3 is 2.54 bits per heavy atom. The molecule has 1 saturated heterocycles. The first-order valence-corrected chi connectivity index (χ1v) is 11.6. The van der Waals surface area contributed by atoms with Crippen LogP contribution in [-0.4, -0.2) is 40.1 Å². The van der Waals surface area contributed by atoms with Crippen LogP contribution in [0.1, 0.15) is 28.8 Å². The zero-order valence-corrected chi connectivity index (χ0v) is 19.5. The molecule has 0 aliphatic carbocycles. The van der Waals surface area contributed by atoms with Gasteiger partial charge in [0.2, 0.25) is 5.91 Å². The molecule has 0 unspecified atom stereocenters. The molecule has 1 N–H and O–H groups in total. The van der Waals surface area contributed by atoms with Crippen LogP contribution in [0.3, 0.4) is 0 Å². The van der Waals surface area contributed by atoms with Gasteiger partial charge in [-0.3, -0.25) is 9.59 Å². The number of amides is 2. The average molecular weight is 467 g/mol. The van der Waals surface area contributed by atoms with Gasteiger partial charge in [0.15, 0.2) is 0 Å². The summed E-state index contributed by atoms with van der Waals surface area (Å²) in [7, 11) is 1.62. The zero-order valence-electron chi connectivity index (χ0n) is 19.5. The molecule has 0 atom stereocenters.